The second kappa shape index (κ2) is 6.09. The molecule has 0 aliphatic carbocycles. The summed E-state index contributed by atoms with van der Waals surface area (Å²) in [7, 11) is 3.61. The standard InChI is InChI=1S/C16H23NO2/c1-4-5-8-12-11-14(16(18)19-3)13-9-6-7-10-15(13)17(12)2/h6-7,9-10,12,14H,4-5,8,11H2,1-3H3/t12-,14+/m0/s1. The summed E-state index contributed by atoms with van der Waals surface area (Å²) < 4.78 is 4.98. The number of hydrogen-bond acceptors (Lipinski definition) is 3. The predicted octanol–water partition coefficient (Wildman–Crippen LogP) is 3.34. The molecule has 1 aromatic rings. The first-order valence-electron chi connectivity index (χ1n) is 7.08. The maximum atomic E-state index is 12.0. The summed E-state index contributed by atoms with van der Waals surface area (Å²) in [5.41, 5.74) is 2.27. The number of para-hydroxylation sites is 1. The first-order chi connectivity index (χ1) is 9.19. The molecule has 19 heavy (non-hydrogen) atoms. The van der Waals surface area contributed by atoms with E-state index in [1.165, 1.54) is 25.6 Å². The minimum Gasteiger partial charge on any atom is -0.469 e. The molecule has 0 aromatic heterocycles. The highest BCUT2D eigenvalue weighted by molar-refractivity contribution is 5.82. The van der Waals surface area contributed by atoms with Crippen molar-refractivity contribution in [3.8, 4) is 0 Å². The van der Waals surface area contributed by atoms with Crippen LogP contribution in [0.5, 0.6) is 0 Å². The molecule has 0 radical (unpaired) electrons. The van der Waals surface area contributed by atoms with Crippen molar-refractivity contribution in [2.24, 2.45) is 0 Å². The zero-order chi connectivity index (χ0) is 13.8. The number of benzene rings is 1. The average Bonchev–Trinajstić information content (AvgIpc) is 2.46. The molecule has 2 rings (SSSR count). The van der Waals surface area contributed by atoms with Crippen molar-refractivity contribution < 1.29 is 9.53 Å². The zero-order valence-electron chi connectivity index (χ0n) is 12.1. The molecule has 0 spiro atoms. The third kappa shape index (κ3) is 2.75. The molecule has 1 aliphatic rings. The second-order valence-electron chi connectivity index (χ2n) is 5.28. The van der Waals surface area contributed by atoms with E-state index in [-0.39, 0.29) is 11.9 Å². The quantitative estimate of drug-likeness (QED) is 0.778. The van der Waals surface area contributed by atoms with E-state index in [1.807, 2.05) is 18.2 Å². The maximum absolute atomic E-state index is 12.0. The van der Waals surface area contributed by atoms with Crippen molar-refractivity contribution in [3.63, 3.8) is 0 Å². The molecule has 1 aliphatic heterocycles. The van der Waals surface area contributed by atoms with Crippen LogP contribution < -0.4 is 4.90 Å². The lowest BCUT2D eigenvalue weighted by Crippen LogP contribution is -2.39. The molecule has 3 nitrogen and oxygen atoms in total. The summed E-state index contributed by atoms with van der Waals surface area (Å²) in [6, 6.07) is 8.60. The van der Waals surface area contributed by atoms with E-state index in [2.05, 4.69) is 24.9 Å². The number of rotatable bonds is 4. The Balaban J connectivity index is 2.31. The van der Waals surface area contributed by atoms with Gasteiger partial charge in [-0.05, 0) is 24.5 Å². The minimum absolute atomic E-state index is 0.109. The number of anilines is 1. The van der Waals surface area contributed by atoms with E-state index in [0.29, 0.717) is 6.04 Å². The van der Waals surface area contributed by atoms with E-state index in [9.17, 15) is 4.79 Å². The summed E-state index contributed by atoms with van der Waals surface area (Å²) in [6.45, 7) is 2.20. The SMILES string of the molecule is CCCC[C@H]1C[C@@H](C(=O)OC)c2ccccc2N1C. The van der Waals surface area contributed by atoms with Gasteiger partial charge < -0.3 is 9.64 Å². The third-order valence-corrected chi connectivity index (χ3v) is 4.12. The van der Waals surface area contributed by atoms with Gasteiger partial charge in [0.2, 0.25) is 0 Å². The fourth-order valence-electron chi connectivity index (χ4n) is 2.97. The largest absolute Gasteiger partial charge is 0.469 e. The predicted molar refractivity (Wildman–Crippen MR) is 77.5 cm³/mol. The Morgan fingerprint density at radius 2 is 2.16 bits per heavy atom. The van der Waals surface area contributed by atoms with Crippen molar-refractivity contribution >= 4 is 11.7 Å². The lowest BCUT2D eigenvalue weighted by molar-refractivity contribution is -0.142. The fourth-order valence-corrected chi connectivity index (χ4v) is 2.97. The zero-order valence-corrected chi connectivity index (χ0v) is 12.1. The van der Waals surface area contributed by atoms with Crippen LogP contribution in [0.4, 0.5) is 5.69 Å². The molecule has 0 saturated heterocycles. The highest BCUT2D eigenvalue weighted by atomic mass is 16.5. The van der Waals surface area contributed by atoms with Crippen LogP contribution in [0.15, 0.2) is 24.3 Å². The molecule has 1 aromatic carbocycles. The number of methoxy groups -OCH3 is 1. The number of unbranched alkanes of at least 4 members (excludes halogenated alkanes) is 1. The van der Waals surface area contributed by atoms with Crippen molar-refractivity contribution in [2.45, 2.75) is 44.6 Å². The van der Waals surface area contributed by atoms with Crippen LogP contribution in [0.2, 0.25) is 0 Å². The molecule has 0 bridgehead atoms. The minimum atomic E-state index is -0.112. The van der Waals surface area contributed by atoms with Gasteiger partial charge in [-0.15, -0.1) is 0 Å². The topological polar surface area (TPSA) is 29.5 Å². The molecule has 3 heteroatoms. The van der Waals surface area contributed by atoms with Crippen LogP contribution in [-0.2, 0) is 9.53 Å². The van der Waals surface area contributed by atoms with Gasteiger partial charge >= 0.3 is 5.97 Å². The van der Waals surface area contributed by atoms with Crippen LogP contribution in [-0.4, -0.2) is 26.2 Å². The summed E-state index contributed by atoms with van der Waals surface area (Å²) in [5.74, 6) is -0.221. The number of nitrogens with zero attached hydrogens (tertiary/aromatic N) is 1. The Labute approximate surface area is 115 Å². The Bertz CT molecular complexity index is 444. The van der Waals surface area contributed by atoms with Crippen molar-refractivity contribution in [1.29, 1.82) is 0 Å². The number of carbonyl (C=O) groups excluding carboxylic acids is 1. The summed E-state index contributed by atoms with van der Waals surface area (Å²) in [6.07, 6.45) is 4.38. The summed E-state index contributed by atoms with van der Waals surface area (Å²) in [4.78, 5) is 14.3. The smallest absolute Gasteiger partial charge is 0.313 e. The molecule has 0 fully saturated rings. The Morgan fingerprint density at radius 1 is 1.42 bits per heavy atom. The first kappa shape index (κ1) is 13.9. The Morgan fingerprint density at radius 3 is 2.84 bits per heavy atom. The van der Waals surface area contributed by atoms with Gasteiger partial charge in [0.05, 0.1) is 13.0 Å². The van der Waals surface area contributed by atoms with Gasteiger partial charge in [-0.25, -0.2) is 0 Å². The Hall–Kier alpha value is -1.51. The van der Waals surface area contributed by atoms with Crippen molar-refractivity contribution in [2.75, 3.05) is 19.1 Å². The van der Waals surface area contributed by atoms with E-state index in [1.54, 1.807) is 0 Å². The molecular weight excluding hydrogens is 238 g/mol. The van der Waals surface area contributed by atoms with Gasteiger partial charge in [-0.1, -0.05) is 38.0 Å². The van der Waals surface area contributed by atoms with Gasteiger partial charge in [0.1, 0.15) is 0 Å². The number of carbonyl (C=O) groups is 1. The van der Waals surface area contributed by atoms with Crippen LogP contribution in [0.25, 0.3) is 0 Å². The number of ether oxygens (including phenoxy) is 1. The van der Waals surface area contributed by atoms with E-state index < -0.39 is 0 Å². The van der Waals surface area contributed by atoms with Gasteiger partial charge in [-0.2, -0.15) is 0 Å². The number of hydrogen-bond donors (Lipinski definition) is 0. The maximum Gasteiger partial charge on any atom is 0.313 e. The number of fused-ring (bicyclic) bond motifs is 1. The van der Waals surface area contributed by atoms with Crippen LogP contribution in [0.1, 0.15) is 44.1 Å². The fraction of sp³-hybridized carbons (Fsp3) is 0.562. The molecule has 0 amide bonds. The normalized spacial score (nSPS) is 21.9. The molecule has 0 unspecified atom stereocenters. The molecule has 2 atom stereocenters. The van der Waals surface area contributed by atoms with Crippen molar-refractivity contribution in [1.82, 2.24) is 0 Å². The van der Waals surface area contributed by atoms with E-state index >= 15 is 0 Å². The molecule has 104 valence electrons. The monoisotopic (exact) mass is 261 g/mol. The van der Waals surface area contributed by atoms with E-state index in [0.717, 1.165) is 18.4 Å². The highest BCUT2D eigenvalue weighted by Crippen LogP contribution is 2.39. The first-order valence-corrected chi connectivity index (χ1v) is 7.08. The molecule has 1 heterocycles. The lowest BCUT2D eigenvalue weighted by Gasteiger charge is -2.39. The van der Waals surface area contributed by atoms with E-state index in [4.69, 9.17) is 4.74 Å². The molecule has 0 N–H and O–H groups in total. The third-order valence-electron chi connectivity index (χ3n) is 4.12. The average molecular weight is 261 g/mol. The van der Waals surface area contributed by atoms with Crippen LogP contribution in [0.3, 0.4) is 0 Å². The summed E-state index contributed by atoms with van der Waals surface area (Å²) >= 11 is 0. The van der Waals surface area contributed by atoms with Gasteiger partial charge in [0, 0.05) is 18.8 Å². The van der Waals surface area contributed by atoms with Gasteiger partial charge in [0.15, 0.2) is 0 Å². The van der Waals surface area contributed by atoms with Crippen molar-refractivity contribution in [3.05, 3.63) is 29.8 Å². The summed E-state index contributed by atoms with van der Waals surface area (Å²) in [5, 5.41) is 0. The molecule has 0 saturated carbocycles. The molecular formula is C16H23NO2. The highest BCUT2D eigenvalue weighted by Gasteiger charge is 2.34. The second-order valence-corrected chi connectivity index (χ2v) is 5.28. The van der Waals surface area contributed by atoms with Gasteiger partial charge in [-0.3, -0.25) is 4.79 Å². The van der Waals surface area contributed by atoms with Crippen LogP contribution >= 0.6 is 0 Å². The van der Waals surface area contributed by atoms with Crippen LogP contribution in [0, 0.1) is 0 Å². The lowest BCUT2D eigenvalue weighted by atomic mass is 9.84. The van der Waals surface area contributed by atoms with Gasteiger partial charge in [0.25, 0.3) is 0 Å². The number of esters is 1. The Kier molecular flexibility index (Phi) is 4.46.